The van der Waals surface area contributed by atoms with E-state index in [2.05, 4.69) is 16.4 Å². The Balaban J connectivity index is 2.10. The molecular weight excluding hydrogens is 280 g/mol. The lowest BCUT2D eigenvalue weighted by molar-refractivity contribution is 1.13. The SMILES string of the molecule is Cc1cc(-c2ccc(-c3ccsc3)cc2)c(C#N)c(=O)[nH]1. The van der Waals surface area contributed by atoms with Crippen LogP contribution in [0.2, 0.25) is 0 Å². The Kier molecular flexibility index (Phi) is 3.43. The smallest absolute Gasteiger partial charge is 0.266 e. The zero-order valence-corrected chi connectivity index (χ0v) is 12.2. The summed E-state index contributed by atoms with van der Waals surface area (Å²) in [7, 11) is 0. The second-order valence-corrected chi connectivity index (χ2v) is 5.55. The maximum atomic E-state index is 11.8. The lowest BCUT2D eigenvalue weighted by Crippen LogP contribution is -2.12. The van der Waals surface area contributed by atoms with E-state index < -0.39 is 0 Å². The molecule has 3 aromatic rings. The van der Waals surface area contributed by atoms with E-state index in [0.29, 0.717) is 5.56 Å². The van der Waals surface area contributed by atoms with Crippen molar-refractivity contribution in [2.45, 2.75) is 6.92 Å². The Morgan fingerprint density at radius 1 is 1.10 bits per heavy atom. The molecule has 2 aromatic heterocycles. The van der Waals surface area contributed by atoms with Gasteiger partial charge in [0, 0.05) is 11.3 Å². The molecule has 0 saturated carbocycles. The van der Waals surface area contributed by atoms with E-state index in [-0.39, 0.29) is 11.1 Å². The molecule has 0 spiro atoms. The number of benzene rings is 1. The quantitative estimate of drug-likeness (QED) is 0.777. The third-order valence-electron chi connectivity index (χ3n) is 3.33. The number of hydrogen-bond donors (Lipinski definition) is 1. The van der Waals surface area contributed by atoms with Gasteiger partial charge in [-0.1, -0.05) is 24.3 Å². The topological polar surface area (TPSA) is 56.6 Å². The van der Waals surface area contributed by atoms with Crippen LogP contribution in [0.1, 0.15) is 11.3 Å². The molecule has 3 rings (SSSR count). The van der Waals surface area contributed by atoms with Crippen LogP contribution in [-0.4, -0.2) is 4.98 Å². The number of H-pyrrole nitrogens is 1. The minimum atomic E-state index is -0.339. The summed E-state index contributed by atoms with van der Waals surface area (Å²) in [5.41, 5.74) is 4.42. The van der Waals surface area contributed by atoms with Gasteiger partial charge < -0.3 is 4.98 Å². The predicted molar refractivity (Wildman–Crippen MR) is 85.3 cm³/mol. The van der Waals surface area contributed by atoms with Gasteiger partial charge in [0.2, 0.25) is 0 Å². The molecule has 21 heavy (non-hydrogen) atoms. The first-order valence-corrected chi connectivity index (χ1v) is 7.40. The third kappa shape index (κ3) is 2.51. The lowest BCUT2D eigenvalue weighted by Gasteiger charge is -2.06. The fourth-order valence-corrected chi connectivity index (χ4v) is 2.96. The lowest BCUT2D eigenvalue weighted by atomic mass is 9.98. The van der Waals surface area contributed by atoms with E-state index in [1.165, 1.54) is 5.56 Å². The molecule has 3 nitrogen and oxygen atoms in total. The molecule has 0 aliphatic carbocycles. The summed E-state index contributed by atoms with van der Waals surface area (Å²) >= 11 is 1.66. The molecule has 0 fully saturated rings. The maximum absolute atomic E-state index is 11.8. The highest BCUT2D eigenvalue weighted by Crippen LogP contribution is 2.27. The van der Waals surface area contributed by atoms with E-state index >= 15 is 0 Å². The second kappa shape index (κ2) is 5.39. The molecule has 0 saturated heterocycles. The van der Waals surface area contributed by atoms with Crippen molar-refractivity contribution in [3.8, 4) is 28.3 Å². The molecule has 2 heterocycles. The molecular formula is C17H12N2OS. The summed E-state index contributed by atoms with van der Waals surface area (Å²) in [6.45, 7) is 1.81. The number of nitrogens with zero attached hydrogens (tertiary/aromatic N) is 1. The van der Waals surface area contributed by atoms with Crippen LogP contribution in [0.5, 0.6) is 0 Å². The van der Waals surface area contributed by atoms with E-state index in [9.17, 15) is 10.1 Å². The molecule has 0 aliphatic rings. The van der Waals surface area contributed by atoms with Gasteiger partial charge in [-0.25, -0.2) is 0 Å². The van der Waals surface area contributed by atoms with Crippen molar-refractivity contribution in [2.24, 2.45) is 0 Å². The Hall–Kier alpha value is -2.64. The minimum Gasteiger partial charge on any atom is -0.325 e. The van der Waals surface area contributed by atoms with Crippen molar-refractivity contribution >= 4 is 11.3 Å². The van der Waals surface area contributed by atoms with Crippen molar-refractivity contribution in [3.63, 3.8) is 0 Å². The minimum absolute atomic E-state index is 0.156. The number of thiophene rings is 1. The van der Waals surface area contributed by atoms with Crippen LogP contribution in [0.3, 0.4) is 0 Å². The summed E-state index contributed by atoms with van der Waals surface area (Å²) in [6, 6.07) is 13.8. The Labute approximate surface area is 126 Å². The van der Waals surface area contributed by atoms with E-state index in [1.807, 2.05) is 48.7 Å². The largest absolute Gasteiger partial charge is 0.325 e. The number of hydrogen-bond acceptors (Lipinski definition) is 3. The Morgan fingerprint density at radius 2 is 1.81 bits per heavy atom. The van der Waals surface area contributed by atoms with Crippen molar-refractivity contribution in [3.05, 3.63) is 68.8 Å². The zero-order chi connectivity index (χ0) is 14.8. The van der Waals surface area contributed by atoms with Crippen molar-refractivity contribution in [1.29, 1.82) is 5.26 Å². The van der Waals surface area contributed by atoms with Crippen LogP contribution in [-0.2, 0) is 0 Å². The van der Waals surface area contributed by atoms with E-state index in [4.69, 9.17) is 0 Å². The van der Waals surface area contributed by atoms with Gasteiger partial charge in [0.1, 0.15) is 11.6 Å². The summed E-state index contributed by atoms with van der Waals surface area (Å²) in [5, 5.41) is 13.3. The van der Waals surface area contributed by atoms with Crippen LogP contribution in [0, 0.1) is 18.3 Å². The monoisotopic (exact) mass is 292 g/mol. The Morgan fingerprint density at radius 3 is 2.43 bits per heavy atom. The van der Waals surface area contributed by atoms with Gasteiger partial charge in [-0.05, 0) is 46.5 Å². The first-order valence-electron chi connectivity index (χ1n) is 6.46. The summed E-state index contributed by atoms with van der Waals surface area (Å²) in [5.74, 6) is 0. The third-order valence-corrected chi connectivity index (χ3v) is 4.01. The number of aryl methyl sites for hydroxylation is 1. The van der Waals surface area contributed by atoms with Gasteiger partial charge in [0.15, 0.2) is 0 Å². The summed E-state index contributed by atoms with van der Waals surface area (Å²) in [6.07, 6.45) is 0. The van der Waals surface area contributed by atoms with Gasteiger partial charge in [-0.2, -0.15) is 16.6 Å². The molecule has 1 aromatic carbocycles. The number of aromatic amines is 1. The second-order valence-electron chi connectivity index (χ2n) is 4.77. The summed E-state index contributed by atoms with van der Waals surface area (Å²) in [4.78, 5) is 14.5. The molecule has 0 atom stereocenters. The summed E-state index contributed by atoms with van der Waals surface area (Å²) < 4.78 is 0. The van der Waals surface area contributed by atoms with Crippen molar-refractivity contribution in [1.82, 2.24) is 4.98 Å². The average molecular weight is 292 g/mol. The fourth-order valence-electron chi connectivity index (χ4n) is 2.30. The molecule has 4 heteroatoms. The highest BCUT2D eigenvalue weighted by atomic mass is 32.1. The zero-order valence-electron chi connectivity index (χ0n) is 11.4. The van der Waals surface area contributed by atoms with Gasteiger partial charge in [0.05, 0.1) is 0 Å². The molecule has 0 aliphatic heterocycles. The number of pyridine rings is 1. The van der Waals surface area contributed by atoms with Crippen LogP contribution < -0.4 is 5.56 Å². The van der Waals surface area contributed by atoms with Gasteiger partial charge in [-0.15, -0.1) is 0 Å². The van der Waals surface area contributed by atoms with Crippen LogP contribution in [0.4, 0.5) is 0 Å². The van der Waals surface area contributed by atoms with Crippen LogP contribution in [0.25, 0.3) is 22.3 Å². The standard InChI is InChI=1S/C17H12N2OS/c1-11-8-15(16(9-18)17(20)19-11)13-4-2-12(3-5-13)14-6-7-21-10-14/h2-8,10H,1H3,(H,19,20). The van der Waals surface area contributed by atoms with Crippen LogP contribution in [0.15, 0.2) is 52.0 Å². The molecule has 0 bridgehead atoms. The molecule has 1 N–H and O–H groups in total. The average Bonchev–Trinajstić information content (AvgIpc) is 3.01. The van der Waals surface area contributed by atoms with Crippen LogP contribution >= 0.6 is 11.3 Å². The normalized spacial score (nSPS) is 10.3. The maximum Gasteiger partial charge on any atom is 0.266 e. The first kappa shape index (κ1) is 13.3. The van der Waals surface area contributed by atoms with Gasteiger partial charge in [-0.3, -0.25) is 4.79 Å². The highest BCUT2D eigenvalue weighted by molar-refractivity contribution is 7.08. The van der Waals surface area contributed by atoms with E-state index in [0.717, 1.165) is 16.8 Å². The van der Waals surface area contributed by atoms with Crippen molar-refractivity contribution in [2.75, 3.05) is 0 Å². The predicted octanol–water partition coefficient (Wildman–Crippen LogP) is 3.95. The van der Waals surface area contributed by atoms with Crippen molar-refractivity contribution < 1.29 is 0 Å². The Bertz CT molecular complexity index is 869. The molecule has 0 amide bonds. The molecule has 0 radical (unpaired) electrons. The van der Waals surface area contributed by atoms with Gasteiger partial charge >= 0.3 is 0 Å². The number of nitrogens with one attached hydrogen (secondary N) is 1. The highest BCUT2D eigenvalue weighted by Gasteiger charge is 2.10. The first-order chi connectivity index (χ1) is 10.2. The number of rotatable bonds is 2. The number of nitriles is 1. The fraction of sp³-hybridized carbons (Fsp3) is 0.0588. The van der Waals surface area contributed by atoms with Gasteiger partial charge in [0.25, 0.3) is 5.56 Å². The molecule has 102 valence electrons. The number of aromatic nitrogens is 1. The van der Waals surface area contributed by atoms with E-state index in [1.54, 1.807) is 11.3 Å². The molecule has 0 unspecified atom stereocenters.